The van der Waals surface area contributed by atoms with Crippen molar-refractivity contribution in [1.29, 1.82) is 0 Å². The van der Waals surface area contributed by atoms with Crippen molar-refractivity contribution >= 4 is 5.78 Å². The molecule has 0 heterocycles. The molecule has 0 amide bonds. The lowest BCUT2D eigenvalue weighted by molar-refractivity contribution is -0.122. The van der Waals surface area contributed by atoms with Crippen LogP contribution in [0, 0.1) is 0 Å². The summed E-state index contributed by atoms with van der Waals surface area (Å²) < 4.78 is 0. The van der Waals surface area contributed by atoms with Gasteiger partial charge in [0.2, 0.25) is 0 Å². The van der Waals surface area contributed by atoms with E-state index in [1.54, 1.807) is 6.92 Å². The Bertz CT molecular complexity index is 321. The minimum atomic E-state index is -0.152. The van der Waals surface area contributed by atoms with Gasteiger partial charge in [0.1, 0.15) is 5.78 Å². The minimum Gasteiger partial charge on any atom is -0.299 e. The average molecular weight is 218 g/mol. The Labute approximate surface area is 98.9 Å². The maximum Gasteiger partial charge on any atom is 0.140 e. The Morgan fingerprint density at radius 1 is 1.06 bits per heavy atom. The first-order valence-corrected chi connectivity index (χ1v) is 6.32. The van der Waals surface area contributed by atoms with Gasteiger partial charge in [-0.1, -0.05) is 57.0 Å². The molecule has 1 aromatic carbocycles. The molecule has 1 aliphatic carbocycles. The molecular formula is C15H22O. The number of hydrogen-bond acceptors (Lipinski definition) is 1. The lowest BCUT2D eigenvalue weighted by Gasteiger charge is -2.26. The van der Waals surface area contributed by atoms with Crippen LogP contribution in [-0.2, 0) is 10.2 Å². The van der Waals surface area contributed by atoms with Crippen LogP contribution in [0.15, 0.2) is 30.3 Å². The van der Waals surface area contributed by atoms with Crippen LogP contribution in [0.4, 0.5) is 0 Å². The van der Waals surface area contributed by atoms with Gasteiger partial charge in [0.15, 0.2) is 0 Å². The van der Waals surface area contributed by atoms with Crippen molar-refractivity contribution in [2.45, 2.75) is 51.9 Å². The summed E-state index contributed by atoms with van der Waals surface area (Å²) in [6, 6.07) is 10.2. The van der Waals surface area contributed by atoms with Crippen LogP contribution in [0.5, 0.6) is 0 Å². The van der Waals surface area contributed by atoms with Crippen LogP contribution in [0.2, 0.25) is 0 Å². The van der Waals surface area contributed by atoms with Crippen LogP contribution in [-0.4, -0.2) is 5.78 Å². The fourth-order valence-electron chi connectivity index (χ4n) is 2.58. The second-order valence-corrected chi connectivity index (χ2v) is 4.21. The number of hydrogen-bond donors (Lipinski definition) is 0. The lowest BCUT2D eigenvalue weighted by Crippen LogP contribution is -2.30. The Morgan fingerprint density at radius 3 is 2.00 bits per heavy atom. The quantitative estimate of drug-likeness (QED) is 0.730. The van der Waals surface area contributed by atoms with E-state index in [9.17, 15) is 4.79 Å². The first-order valence-electron chi connectivity index (χ1n) is 6.32. The summed E-state index contributed by atoms with van der Waals surface area (Å²) in [5.74, 6) is 0.334. The molecule has 88 valence electrons. The summed E-state index contributed by atoms with van der Waals surface area (Å²) in [6.07, 6.45) is 4.45. The van der Waals surface area contributed by atoms with E-state index < -0.39 is 0 Å². The van der Waals surface area contributed by atoms with Crippen molar-refractivity contribution in [1.82, 2.24) is 0 Å². The fourth-order valence-corrected chi connectivity index (χ4v) is 2.58. The van der Waals surface area contributed by atoms with E-state index >= 15 is 0 Å². The van der Waals surface area contributed by atoms with Crippen LogP contribution < -0.4 is 0 Å². The van der Waals surface area contributed by atoms with Gasteiger partial charge in [-0.25, -0.2) is 0 Å². The van der Waals surface area contributed by atoms with Crippen LogP contribution in [0.3, 0.4) is 0 Å². The average Bonchev–Trinajstić information content (AvgIpc) is 2.83. The van der Waals surface area contributed by atoms with Gasteiger partial charge in [0.05, 0.1) is 5.41 Å². The highest BCUT2D eigenvalue weighted by atomic mass is 16.1. The first-order chi connectivity index (χ1) is 7.76. The molecule has 0 radical (unpaired) electrons. The predicted molar refractivity (Wildman–Crippen MR) is 68.6 cm³/mol. The molecule has 0 aliphatic heterocycles. The molecule has 0 spiro atoms. The van der Waals surface area contributed by atoms with Gasteiger partial charge in [-0.3, -0.25) is 4.79 Å². The van der Waals surface area contributed by atoms with Gasteiger partial charge in [-0.05, 0) is 25.3 Å². The van der Waals surface area contributed by atoms with Crippen LogP contribution in [0.25, 0.3) is 0 Å². The summed E-state index contributed by atoms with van der Waals surface area (Å²) in [6.45, 7) is 5.73. The molecule has 0 saturated heterocycles. The highest BCUT2D eigenvalue weighted by Gasteiger charge is 2.39. The number of benzene rings is 1. The van der Waals surface area contributed by atoms with Gasteiger partial charge in [0, 0.05) is 0 Å². The molecule has 1 aromatic rings. The van der Waals surface area contributed by atoms with Gasteiger partial charge in [-0.2, -0.15) is 0 Å². The summed E-state index contributed by atoms with van der Waals surface area (Å²) in [5, 5.41) is 0. The normalized spacial score (nSPS) is 17.4. The third kappa shape index (κ3) is 2.34. The molecule has 0 atom stereocenters. The first kappa shape index (κ1) is 13.0. The molecule has 1 fully saturated rings. The molecule has 0 unspecified atom stereocenters. The number of ketones is 1. The van der Waals surface area contributed by atoms with Crippen LogP contribution in [0.1, 0.15) is 52.0 Å². The highest BCUT2D eigenvalue weighted by Crippen LogP contribution is 2.41. The van der Waals surface area contributed by atoms with E-state index in [1.165, 1.54) is 18.4 Å². The molecule has 1 heteroatoms. The van der Waals surface area contributed by atoms with E-state index in [0.717, 1.165) is 12.8 Å². The van der Waals surface area contributed by atoms with Crippen molar-refractivity contribution in [3.63, 3.8) is 0 Å². The summed E-state index contributed by atoms with van der Waals surface area (Å²) in [7, 11) is 0. The number of carbonyl (C=O) groups is 1. The molecule has 0 aromatic heterocycles. The minimum absolute atomic E-state index is 0.152. The van der Waals surface area contributed by atoms with Crippen molar-refractivity contribution < 1.29 is 4.79 Å². The number of Topliss-reactive ketones (excluding diaryl/α,β-unsaturated/α-hetero) is 1. The van der Waals surface area contributed by atoms with E-state index in [-0.39, 0.29) is 5.41 Å². The SMILES string of the molecule is CC.CC(=O)C1(c2ccccc2)CCCC1. The zero-order valence-corrected chi connectivity index (χ0v) is 10.6. The van der Waals surface area contributed by atoms with Crippen molar-refractivity contribution in [3.05, 3.63) is 35.9 Å². The van der Waals surface area contributed by atoms with Gasteiger partial charge in [-0.15, -0.1) is 0 Å². The lowest BCUT2D eigenvalue weighted by atomic mass is 9.76. The molecule has 0 N–H and O–H groups in total. The maximum absolute atomic E-state index is 11.8. The van der Waals surface area contributed by atoms with Gasteiger partial charge in [0.25, 0.3) is 0 Å². The van der Waals surface area contributed by atoms with Crippen molar-refractivity contribution in [2.24, 2.45) is 0 Å². The van der Waals surface area contributed by atoms with E-state index in [4.69, 9.17) is 0 Å². The zero-order chi connectivity index (χ0) is 12.0. The maximum atomic E-state index is 11.8. The third-order valence-electron chi connectivity index (χ3n) is 3.46. The Morgan fingerprint density at radius 2 is 1.56 bits per heavy atom. The van der Waals surface area contributed by atoms with Gasteiger partial charge >= 0.3 is 0 Å². The molecule has 1 aliphatic rings. The highest BCUT2D eigenvalue weighted by molar-refractivity contribution is 5.88. The number of carbonyl (C=O) groups excluding carboxylic acids is 1. The van der Waals surface area contributed by atoms with Crippen molar-refractivity contribution in [3.8, 4) is 0 Å². The summed E-state index contributed by atoms with van der Waals surface area (Å²) in [4.78, 5) is 11.8. The third-order valence-corrected chi connectivity index (χ3v) is 3.46. The number of rotatable bonds is 2. The molecule has 1 saturated carbocycles. The summed E-state index contributed by atoms with van der Waals surface area (Å²) in [5.41, 5.74) is 1.06. The monoisotopic (exact) mass is 218 g/mol. The molecule has 2 rings (SSSR count). The zero-order valence-electron chi connectivity index (χ0n) is 10.6. The second kappa shape index (κ2) is 5.83. The Kier molecular flexibility index (Phi) is 4.72. The topological polar surface area (TPSA) is 17.1 Å². The second-order valence-electron chi connectivity index (χ2n) is 4.21. The van der Waals surface area contributed by atoms with E-state index in [2.05, 4.69) is 12.1 Å². The van der Waals surface area contributed by atoms with Gasteiger partial charge < -0.3 is 0 Å². The molecule has 16 heavy (non-hydrogen) atoms. The molecule has 1 nitrogen and oxygen atoms in total. The smallest absolute Gasteiger partial charge is 0.140 e. The van der Waals surface area contributed by atoms with E-state index in [0.29, 0.717) is 5.78 Å². The Hall–Kier alpha value is -1.11. The van der Waals surface area contributed by atoms with Crippen molar-refractivity contribution in [2.75, 3.05) is 0 Å². The van der Waals surface area contributed by atoms with Crippen LogP contribution >= 0.6 is 0 Å². The largest absolute Gasteiger partial charge is 0.299 e. The summed E-state index contributed by atoms with van der Waals surface area (Å²) >= 11 is 0. The Balaban J connectivity index is 0.000000606. The molecule has 0 bridgehead atoms. The van der Waals surface area contributed by atoms with E-state index in [1.807, 2.05) is 32.0 Å². The molecular weight excluding hydrogens is 196 g/mol. The predicted octanol–water partition coefficient (Wildman–Crippen LogP) is 4.11. The standard InChI is InChI=1S/C13H16O.C2H6/c1-11(14)13(9-5-6-10-13)12-7-3-2-4-8-12;1-2/h2-4,7-8H,5-6,9-10H2,1H3;1-2H3. The fraction of sp³-hybridized carbons (Fsp3) is 0.533.